The van der Waals surface area contributed by atoms with Gasteiger partial charge in [0.05, 0.1) is 28.5 Å². The highest BCUT2D eigenvalue weighted by atomic mass is 15.3. The fourth-order valence-electron chi connectivity index (χ4n) is 0.446. The Balaban J connectivity index is 7.55. The molecule has 0 saturated carbocycles. The van der Waals surface area contributed by atoms with Crippen LogP contribution in [-0.2, 0) is 0 Å². The Hall–Kier alpha value is -0.0400. The number of hydrogen-bond acceptors (Lipinski definition) is 0. The molecule has 0 spiro atoms. The molecule has 0 saturated heterocycles. The third kappa shape index (κ3) is 9.21. The lowest BCUT2D eigenvalue weighted by Gasteiger charge is -2.31. The fourth-order valence-corrected chi connectivity index (χ4v) is 0.446. The molecule has 0 aromatic heterocycles. The zero-order valence-corrected chi connectivity index (χ0v) is 9.45. The second kappa shape index (κ2) is 9.04. The van der Waals surface area contributed by atoms with Crippen molar-refractivity contribution < 1.29 is 38.8 Å². The summed E-state index contributed by atoms with van der Waals surface area (Å²) in [5.41, 5.74) is 0. The van der Waals surface area contributed by atoms with Gasteiger partial charge in [0.15, 0.2) is 0 Å². The first kappa shape index (κ1) is 2.24. The minimum atomic E-state index is -4.77. The number of hydrogen-bond donors (Lipinski definition) is 0. The maximum absolute atomic E-state index is 8.49. The van der Waals surface area contributed by atoms with Gasteiger partial charge in [-0.05, 0) is 19.6 Å². The van der Waals surface area contributed by atoms with Crippen molar-refractivity contribution in [3.63, 3.8) is 0 Å². The Labute approximate surface area is 139 Å². The molecular formula is C15H34N+. The van der Waals surface area contributed by atoms with E-state index in [0.29, 0.717) is 0 Å². The Morgan fingerprint density at radius 2 is 1.56 bits per heavy atom. The van der Waals surface area contributed by atoms with Gasteiger partial charge in [0.1, 0.15) is 0 Å². The molecule has 0 aromatic carbocycles. The molecule has 1 atom stereocenters. The maximum atomic E-state index is 8.49. The van der Waals surface area contributed by atoms with E-state index in [0.717, 1.165) is 21.1 Å². The van der Waals surface area contributed by atoms with Gasteiger partial charge in [-0.25, -0.2) is 0 Å². The van der Waals surface area contributed by atoms with Crippen molar-refractivity contribution in [2.24, 2.45) is 0 Å². The van der Waals surface area contributed by atoms with Crippen molar-refractivity contribution in [2.75, 3.05) is 21.1 Å². The monoisotopic (exact) mass is 253 g/mol. The lowest BCUT2D eigenvalue weighted by molar-refractivity contribution is -0.894. The van der Waals surface area contributed by atoms with Crippen molar-refractivity contribution in [3.8, 4) is 0 Å². The average molecular weight is 254 g/mol. The molecule has 0 rings (SSSR count). The lowest BCUT2D eigenvalue weighted by atomic mass is 10.0. The zero-order chi connectivity index (χ0) is 34.5. The van der Waals surface area contributed by atoms with Gasteiger partial charge in [-0.1, -0.05) is 51.5 Å². The Morgan fingerprint density at radius 3 is 2.06 bits per heavy atom. The Morgan fingerprint density at radius 1 is 1.00 bits per heavy atom. The summed E-state index contributed by atoms with van der Waals surface area (Å²) in [5.74, 6) is 0. The van der Waals surface area contributed by atoms with Crippen LogP contribution in [0, 0.1) is 0 Å². The van der Waals surface area contributed by atoms with Crippen LogP contribution in [0.4, 0.5) is 0 Å². The quantitative estimate of drug-likeness (QED) is 0.499. The van der Waals surface area contributed by atoms with Gasteiger partial charge in [0.2, 0.25) is 0 Å². The van der Waals surface area contributed by atoms with Crippen LogP contribution in [0.15, 0.2) is 0 Å². The highest BCUT2D eigenvalue weighted by molar-refractivity contribution is 4.52. The van der Waals surface area contributed by atoms with Gasteiger partial charge >= 0.3 is 0 Å². The summed E-state index contributed by atoms with van der Waals surface area (Å²) in [6.45, 7) is -7.72. The van der Waals surface area contributed by atoms with Crippen LogP contribution in [0.2, 0.25) is 0 Å². The highest BCUT2D eigenvalue weighted by Crippen LogP contribution is 2.14. The molecule has 1 heteroatoms. The predicted molar refractivity (Wildman–Crippen MR) is 74.7 cm³/mol. The molecular weight excluding hydrogens is 194 g/mol. The number of quaternary nitrogens is 1. The molecule has 0 aliphatic heterocycles. The molecule has 0 heterocycles. The van der Waals surface area contributed by atoms with E-state index in [-0.39, 0.29) is 0 Å². The first-order valence-corrected chi connectivity index (χ1v) is 4.32. The standard InChI is InChI=1S/C15H34N/c1-6-7-8-9-10-11-12-13-14-15(2)16(3,4)5/h15H,6-14H2,1-5H3/q+1/i1D3,2D3,6D2,7D2,8D2,9D2,10D2,11D2,12D2,13D2,14D2,15D. The predicted octanol–water partition coefficient (Wildman–Crippen LogP) is 4.61. The third-order valence-electron chi connectivity index (χ3n) is 1.29. The van der Waals surface area contributed by atoms with Crippen molar-refractivity contribution in [2.45, 2.75) is 77.1 Å². The second-order valence-corrected chi connectivity index (χ2v) is 3.49. The van der Waals surface area contributed by atoms with Crippen LogP contribution >= 0.6 is 0 Å². The summed E-state index contributed by atoms with van der Waals surface area (Å²) in [4.78, 5) is 0. The van der Waals surface area contributed by atoms with Gasteiger partial charge in [0, 0.05) is 32.9 Å². The van der Waals surface area contributed by atoms with Gasteiger partial charge < -0.3 is 4.48 Å². The largest absolute Gasteiger partial charge is 0.329 e. The van der Waals surface area contributed by atoms with Crippen LogP contribution in [0.5, 0.6) is 0 Å². The van der Waals surface area contributed by atoms with Gasteiger partial charge in [-0.3, -0.25) is 0 Å². The molecule has 1 nitrogen and oxygen atoms in total. The van der Waals surface area contributed by atoms with Crippen molar-refractivity contribution >= 4 is 0 Å². The zero-order valence-electron chi connectivity index (χ0n) is 34.4. The summed E-state index contributed by atoms with van der Waals surface area (Å²) in [7, 11) is 2.81. The molecule has 0 radical (unpaired) electrons. The van der Waals surface area contributed by atoms with Crippen LogP contribution in [0.25, 0.3) is 0 Å². The molecule has 0 aliphatic carbocycles. The first-order chi connectivity index (χ1) is 17.0. The average Bonchev–Trinajstić information content (AvgIpc) is 2.69. The number of nitrogens with zero attached hydrogens (tertiary/aromatic N) is 1. The summed E-state index contributed by atoms with van der Waals surface area (Å²) < 4.78 is 197. The SMILES string of the molecule is [2H]C([2H])([2H])C([2H])([2H])C([2H])([2H])C([2H])([2H])C([2H])([2H])C([2H])([2H])C([2H])([2H])C([2H])([2H])C([2H])([2H])C([2H])([2H])C([2H])(C([2H])([2H])[2H])[N+](C)(C)C. The van der Waals surface area contributed by atoms with Gasteiger partial charge in [0.25, 0.3) is 0 Å². The van der Waals surface area contributed by atoms with Crippen LogP contribution in [0.3, 0.4) is 0 Å². The molecule has 16 heavy (non-hydrogen) atoms. The van der Waals surface area contributed by atoms with E-state index in [1.165, 1.54) is 0 Å². The van der Waals surface area contributed by atoms with Gasteiger partial charge in [-0.15, -0.1) is 0 Å². The van der Waals surface area contributed by atoms with Crippen LogP contribution in [0.1, 0.15) is 105 Å². The first-order valence-electron chi connectivity index (χ1n) is 16.8. The maximum Gasteiger partial charge on any atom is 0.0958 e. The van der Waals surface area contributed by atoms with E-state index in [2.05, 4.69) is 0 Å². The summed E-state index contributed by atoms with van der Waals surface area (Å²) in [5, 5.41) is 0. The number of rotatable bonds is 10. The molecule has 0 amide bonds. The van der Waals surface area contributed by atoms with E-state index >= 15 is 0 Å². The minimum absolute atomic E-state index is 0.935. The summed E-state index contributed by atoms with van der Waals surface area (Å²) in [6, 6.07) is -3.64. The molecule has 0 fully saturated rings. The highest BCUT2D eigenvalue weighted by Gasteiger charge is 2.16. The molecule has 0 aromatic rings. The van der Waals surface area contributed by atoms with E-state index in [1.807, 2.05) is 0 Å². The smallest absolute Gasteiger partial charge is 0.0958 e. The van der Waals surface area contributed by atoms with Crippen molar-refractivity contribution in [3.05, 3.63) is 0 Å². The van der Waals surface area contributed by atoms with E-state index in [1.54, 1.807) is 0 Å². The van der Waals surface area contributed by atoms with Crippen molar-refractivity contribution in [1.29, 1.82) is 0 Å². The third-order valence-corrected chi connectivity index (χ3v) is 1.29. The molecule has 0 N–H and O–H groups in total. The van der Waals surface area contributed by atoms with E-state index < -0.39 is 81.6 Å². The summed E-state index contributed by atoms with van der Waals surface area (Å²) in [6.07, 6.45) is -41.1. The summed E-state index contributed by atoms with van der Waals surface area (Å²) >= 11 is 0. The van der Waals surface area contributed by atoms with Crippen LogP contribution in [-0.4, -0.2) is 31.6 Å². The topological polar surface area (TPSA) is 0 Å². The molecule has 98 valence electrons. The van der Waals surface area contributed by atoms with Crippen LogP contribution < -0.4 is 0 Å². The van der Waals surface area contributed by atoms with E-state index in [4.69, 9.17) is 34.3 Å². The second-order valence-electron chi connectivity index (χ2n) is 3.49. The molecule has 0 bridgehead atoms. The fraction of sp³-hybridized carbons (Fsp3) is 1.00. The molecule has 0 aliphatic rings. The Kier molecular flexibility index (Phi) is 1.26. The van der Waals surface area contributed by atoms with Crippen molar-refractivity contribution in [1.82, 2.24) is 0 Å². The van der Waals surface area contributed by atoms with E-state index in [9.17, 15) is 0 Å². The van der Waals surface area contributed by atoms with Gasteiger partial charge in [-0.2, -0.15) is 0 Å². The normalized spacial score (nSPS) is 48.8. The minimum Gasteiger partial charge on any atom is -0.329 e. The molecule has 1 unspecified atom stereocenters. The Bertz CT molecular complexity index is 945. The lowest BCUT2D eigenvalue weighted by Crippen LogP contribution is -2.43.